The van der Waals surface area contributed by atoms with Crippen molar-refractivity contribution in [1.82, 2.24) is 4.31 Å². The minimum absolute atomic E-state index is 0.00945. The molecule has 0 atom stereocenters. The fraction of sp³-hybridized carbons (Fsp3) is 0.176. The van der Waals surface area contributed by atoms with E-state index in [-0.39, 0.29) is 22.2 Å². The lowest BCUT2D eigenvalue weighted by Gasteiger charge is -2.14. The molecule has 2 rings (SSSR count). The fourth-order valence-corrected chi connectivity index (χ4v) is 3.03. The summed E-state index contributed by atoms with van der Waals surface area (Å²) in [5, 5.41) is 11.5. The molecule has 0 saturated carbocycles. The topological polar surface area (TPSA) is 99.5 Å². The van der Waals surface area contributed by atoms with E-state index in [4.69, 9.17) is 21.6 Å². The van der Waals surface area contributed by atoms with Crippen molar-refractivity contribution in [3.05, 3.63) is 53.1 Å². The first kappa shape index (κ1) is 19.7. The van der Waals surface area contributed by atoms with Gasteiger partial charge in [-0.2, -0.15) is 5.26 Å². The molecule has 26 heavy (non-hydrogen) atoms. The number of amides is 1. The van der Waals surface area contributed by atoms with Gasteiger partial charge in [0.25, 0.3) is 5.91 Å². The average molecular weight is 394 g/mol. The summed E-state index contributed by atoms with van der Waals surface area (Å²) in [6, 6.07) is 12.3. The molecule has 0 aromatic heterocycles. The molecule has 0 bridgehead atoms. The van der Waals surface area contributed by atoms with Gasteiger partial charge >= 0.3 is 0 Å². The first-order valence-electron chi connectivity index (χ1n) is 7.39. The molecule has 1 N–H and O–H groups in total. The molecule has 136 valence electrons. The predicted molar refractivity (Wildman–Crippen MR) is 97.6 cm³/mol. The molecule has 7 nitrogen and oxygen atoms in total. The summed E-state index contributed by atoms with van der Waals surface area (Å²) in [6.45, 7) is -0.299. The largest absolute Gasteiger partial charge is 0.484 e. The summed E-state index contributed by atoms with van der Waals surface area (Å²) in [5.41, 5.74) is 0.649. The van der Waals surface area contributed by atoms with E-state index in [1.54, 1.807) is 24.3 Å². The zero-order chi connectivity index (χ0) is 19.3. The maximum atomic E-state index is 12.2. The van der Waals surface area contributed by atoms with Gasteiger partial charge in [-0.15, -0.1) is 0 Å². The molecule has 0 heterocycles. The van der Waals surface area contributed by atoms with Gasteiger partial charge in [0.1, 0.15) is 5.75 Å². The number of halogens is 1. The van der Waals surface area contributed by atoms with Crippen LogP contribution in [0.3, 0.4) is 0 Å². The van der Waals surface area contributed by atoms with Crippen LogP contribution in [0.2, 0.25) is 5.02 Å². The number of nitrogens with one attached hydrogen (secondary N) is 1. The molecule has 9 heteroatoms. The van der Waals surface area contributed by atoms with Crippen LogP contribution in [0.4, 0.5) is 5.69 Å². The van der Waals surface area contributed by atoms with Gasteiger partial charge in [-0.1, -0.05) is 11.6 Å². The smallest absolute Gasteiger partial charge is 0.262 e. The maximum absolute atomic E-state index is 12.2. The number of hydrogen-bond acceptors (Lipinski definition) is 5. The highest BCUT2D eigenvalue weighted by molar-refractivity contribution is 7.89. The van der Waals surface area contributed by atoms with Crippen LogP contribution in [0.15, 0.2) is 47.4 Å². The number of nitriles is 1. The zero-order valence-corrected chi connectivity index (χ0v) is 15.6. The van der Waals surface area contributed by atoms with E-state index in [0.29, 0.717) is 11.3 Å². The van der Waals surface area contributed by atoms with Crippen LogP contribution in [-0.2, 0) is 14.8 Å². The van der Waals surface area contributed by atoms with Gasteiger partial charge in [-0.3, -0.25) is 4.79 Å². The number of benzene rings is 2. The first-order chi connectivity index (χ1) is 12.2. The second-order valence-electron chi connectivity index (χ2n) is 5.40. The zero-order valence-electron chi connectivity index (χ0n) is 14.1. The predicted octanol–water partition coefficient (Wildman–Crippen LogP) is 2.48. The lowest BCUT2D eigenvalue weighted by atomic mass is 10.2. The van der Waals surface area contributed by atoms with Crippen molar-refractivity contribution in [3.63, 3.8) is 0 Å². The number of ether oxygens (including phenoxy) is 1. The monoisotopic (exact) mass is 393 g/mol. The van der Waals surface area contributed by atoms with E-state index in [1.165, 1.54) is 32.3 Å². The van der Waals surface area contributed by atoms with Crippen LogP contribution < -0.4 is 10.1 Å². The van der Waals surface area contributed by atoms with Crippen LogP contribution >= 0.6 is 11.6 Å². The van der Waals surface area contributed by atoms with Crippen molar-refractivity contribution in [2.75, 3.05) is 26.0 Å². The Morgan fingerprint density at radius 3 is 2.46 bits per heavy atom. The first-order valence-corrected chi connectivity index (χ1v) is 9.20. The number of sulfonamides is 1. The van der Waals surface area contributed by atoms with Crippen molar-refractivity contribution in [1.29, 1.82) is 5.26 Å². The number of hydrogen-bond donors (Lipinski definition) is 1. The van der Waals surface area contributed by atoms with Crippen molar-refractivity contribution >= 4 is 33.2 Å². The van der Waals surface area contributed by atoms with Gasteiger partial charge in [0.15, 0.2) is 6.61 Å². The molecule has 0 spiro atoms. The molecule has 0 saturated heterocycles. The molecular formula is C17H16ClN3O4S. The molecule has 0 aliphatic rings. The van der Waals surface area contributed by atoms with Gasteiger partial charge in [0.05, 0.1) is 27.2 Å². The molecule has 0 radical (unpaired) electrons. The van der Waals surface area contributed by atoms with Gasteiger partial charge < -0.3 is 10.1 Å². The van der Waals surface area contributed by atoms with E-state index < -0.39 is 15.9 Å². The van der Waals surface area contributed by atoms with E-state index >= 15 is 0 Å². The van der Waals surface area contributed by atoms with Crippen molar-refractivity contribution < 1.29 is 17.9 Å². The fourth-order valence-electron chi connectivity index (χ4n) is 1.93. The van der Waals surface area contributed by atoms with Gasteiger partial charge in [0.2, 0.25) is 10.0 Å². The number of carbonyl (C=O) groups is 1. The molecule has 0 unspecified atom stereocenters. The summed E-state index contributed by atoms with van der Waals surface area (Å²) >= 11 is 6.03. The molecule has 2 aromatic carbocycles. The molecule has 0 aliphatic heterocycles. The van der Waals surface area contributed by atoms with Crippen molar-refractivity contribution in [2.45, 2.75) is 4.90 Å². The van der Waals surface area contributed by atoms with E-state index in [9.17, 15) is 13.2 Å². The van der Waals surface area contributed by atoms with Crippen LogP contribution in [0.25, 0.3) is 0 Å². The van der Waals surface area contributed by atoms with Crippen molar-refractivity contribution in [3.8, 4) is 11.8 Å². The van der Waals surface area contributed by atoms with E-state index in [1.807, 2.05) is 6.07 Å². The van der Waals surface area contributed by atoms with Crippen molar-refractivity contribution in [2.24, 2.45) is 0 Å². The number of carbonyl (C=O) groups excluding carboxylic acids is 1. The Bertz CT molecular complexity index is 951. The summed E-state index contributed by atoms with van der Waals surface area (Å²) in [4.78, 5) is 12.1. The highest BCUT2D eigenvalue weighted by Gasteiger charge is 2.19. The standard InChI is InChI=1S/C17H16ClN3O4S/c1-21(2)26(23,24)14-7-8-15(18)16(9-14)20-17(22)11-25-13-5-3-12(10-19)4-6-13/h3-9H,11H2,1-2H3,(H,20,22). The number of anilines is 1. The number of nitrogens with zero attached hydrogens (tertiary/aromatic N) is 2. The Labute approximate surface area is 156 Å². The second-order valence-corrected chi connectivity index (χ2v) is 7.96. The lowest BCUT2D eigenvalue weighted by molar-refractivity contribution is -0.118. The highest BCUT2D eigenvalue weighted by Crippen LogP contribution is 2.26. The normalized spacial score (nSPS) is 11.0. The summed E-state index contributed by atoms with van der Waals surface area (Å²) < 4.78 is 30.7. The minimum Gasteiger partial charge on any atom is -0.484 e. The Kier molecular flexibility index (Phi) is 6.21. The van der Waals surface area contributed by atoms with Gasteiger partial charge in [-0.25, -0.2) is 12.7 Å². The third-order valence-corrected chi connectivity index (χ3v) is 5.48. The second kappa shape index (κ2) is 8.19. The molecule has 0 aliphatic carbocycles. The Balaban J connectivity index is 2.07. The van der Waals surface area contributed by atoms with Crippen LogP contribution in [0.1, 0.15) is 5.56 Å². The Hall–Kier alpha value is -2.60. The highest BCUT2D eigenvalue weighted by atomic mass is 35.5. The van der Waals surface area contributed by atoms with Gasteiger partial charge in [-0.05, 0) is 42.5 Å². The van der Waals surface area contributed by atoms with E-state index in [2.05, 4.69) is 5.32 Å². The Morgan fingerprint density at radius 2 is 1.88 bits per heavy atom. The minimum atomic E-state index is -3.65. The van der Waals surface area contributed by atoms with Gasteiger partial charge in [0, 0.05) is 14.1 Å². The number of rotatable bonds is 6. The molecule has 2 aromatic rings. The average Bonchev–Trinajstić information content (AvgIpc) is 2.62. The van der Waals surface area contributed by atoms with Crippen LogP contribution in [0.5, 0.6) is 5.75 Å². The SMILES string of the molecule is CN(C)S(=O)(=O)c1ccc(Cl)c(NC(=O)COc2ccc(C#N)cc2)c1. The maximum Gasteiger partial charge on any atom is 0.262 e. The van der Waals surface area contributed by atoms with Crippen LogP contribution in [0, 0.1) is 11.3 Å². The molecule has 0 fully saturated rings. The third-order valence-electron chi connectivity index (χ3n) is 3.34. The quantitative estimate of drug-likeness (QED) is 0.812. The Morgan fingerprint density at radius 1 is 1.23 bits per heavy atom. The summed E-state index contributed by atoms with van der Waals surface area (Å²) in [5.74, 6) is -0.0788. The van der Waals surface area contributed by atoms with E-state index in [0.717, 1.165) is 4.31 Å². The summed E-state index contributed by atoms with van der Waals surface area (Å²) in [7, 11) is -0.827. The third kappa shape index (κ3) is 4.73. The lowest BCUT2D eigenvalue weighted by Crippen LogP contribution is -2.23. The summed E-state index contributed by atoms with van der Waals surface area (Å²) in [6.07, 6.45) is 0. The molecular weight excluding hydrogens is 378 g/mol. The van der Waals surface area contributed by atoms with Crippen LogP contribution in [-0.4, -0.2) is 39.3 Å². The molecule has 1 amide bonds.